The first-order chi connectivity index (χ1) is 17.9. The number of nitrogens with one attached hydrogen (secondary N) is 1. The lowest BCUT2D eigenvalue weighted by atomic mass is 9.54. The van der Waals surface area contributed by atoms with Gasteiger partial charge in [-0.25, -0.2) is 4.98 Å². The van der Waals surface area contributed by atoms with Crippen molar-refractivity contribution in [3.63, 3.8) is 0 Å². The summed E-state index contributed by atoms with van der Waals surface area (Å²) in [5.41, 5.74) is 1.72. The van der Waals surface area contributed by atoms with Gasteiger partial charge in [-0.05, 0) is 56.7 Å². The van der Waals surface area contributed by atoms with Gasteiger partial charge in [0.05, 0.1) is 40.5 Å². The Morgan fingerprint density at radius 1 is 1.11 bits per heavy atom. The highest BCUT2D eigenvalue weighted by Gasteiger charge is 2.60. The number of pyridine rings is 1. The number of aromatic nitrogens is 3. The molecule has 3 heterocycles. The molecular weight excluding hydrogens is 496 g/mol. The molecule has 3 aromatic rings. The van der Waals surface area contributed by atoms with Crippen molar-refractivity contribution >= 4 is 34.4 Å². The summed E-state index contributed by atoms with van der Waals surface area (Å²) in [5.74, 6) is -0.882. The molecular formula is C27H31ClN4O5. The van der Waals surface area contributed by atoms with E-state index in [0.29, 0.717) is 66.4 Å². The van der Waals surface area contributed by atoms with Gasteiger partial charge in [0.2, 0.25) is 0 Å². The van der Waals surface area contributed by atoms with E-state index in [-0.39, 0.29) is 6.10 Å². The highest BCUT2D eigenvalue weighted by molar-refractivity contribution is 6.33. The number of anilines is 1. The average Bonchev–Trinajstić information content (AvgIpc) is 3.25. The van der Waals surface area contributed by atoms with Crippen LogP contribution < -0.4 is 9.64 Å². The number of carbonyl (C=O) groups is 1. The molecule has 0 amide bonds. The predicted molar refractivity (Wildman–Crippen MR) is 139 cm³/mol. The number of carboxylic acids is 1. The van der Waals surface area contributed by atoms with Crippen LogP contribution in [-0.2, 0) is 9.53 Å². The number of imidazole rings is 1. The second-order valence-electron chi connectivity index (χ2n) is 10.5. The number of carboxylic acid groups (broad SMARTS) is 1. The van der Waals surface area contributed by atoms with Crippen LogP contribution in [0.3, 0.4) is 0 Å². The normalized spacial score (nSPS) is 25.6. The molecule has 0 radical (unpaired) electrons. The third-order valence-corrected chi connectivity index (χ3v) is 8.76. The summed E-state index contributed by atoms with van der Waals surface area (Å²) in [6, 6.07) is 10.3. The Hall–Kier alpha value is -2.88. The van der Waals surface area contributed by atoms with Crippen LogP contribution in [0.5, 0.6) is 6.01 Å². The molecule has 0 spiro atoms. The molecule has 0 bridgehead atoms. The fourth-order valence-corrected chi connectivity index (χ4v) is 6.30. The number of hydrogen-bond donors (Lipinski definition) is 3. The summed E-state index contributed by atoms with van der Waals surface area (Å²) < 4.78 is 11.5. The number of H-pyrrole nitrogens is 1. The van der Waals surface area contributed by atoms with Crippen molar-refractivity contribution in [2.45, 2.75) is 56.7 Å². The molecule has 3 aliphatic rings. The number of aliphatic hydroxyl groups is 1. The highest BCUT2D eigenvalue weighted by Crippen LogP contribution is 2.55. The average molecular weight is 527 g/mol. The molecule has 1 saturated heterocycles. The molecule has 37 heavy (non-hydrogen) atoms. The van der Waals surface area contributed by atoms with Gasteiger partial charge in [-0.2, -0.15) is 4.98 Å². The molecule has 10 heteroatoms. The van der Waals surface area contributed by atoms with Gasteiger partial charge in [0.25, 0.3) is 6.01 Å². The number of rotatable bonds is 6. The van der Waals surface area contributed by atoms with Crippen LogP contribution in [0.1, 0.15) is 44.9 Å². The number of nitrogens with zero attached hydrogens (tertiary/aromatic N) is 3. The van der Waals surface area contributed by atoms with Gasteiger partial charge in [0.1, 0.15) is 6.10 Å². The number of aliphatic carboxylic acids is 1. The van der Waals surface area contributed by atoms with E-state index in [1.165, 1.54) is 0 Å². The van der Waals surface area contributed by atoms with Crippen molar-refractivity contribution in [3.8, 4) is 17.3 Å². The lowest BCUT2D eigenvalue weighted by Crippen LogP contribution is -2.59. The molecule has 0 atom stereocenters. The summed E-state index contributed by atoms with van der Waals surface area (Å²) in [4.78, 5) is 26.6. The highest BCUT2D eigenvalue weighted by atomic mass is 35.5. The van der Waals surface area contributed by atoms with Crippen molar-refractivity contribution in [1.29, 1.82) is 0 Å². The SMILES string of the molecule is O=C(O)C1([C@]2(O)CC[C@@H](Oc3nc4nc(-c5ccc(N6CCOCC6)cc5)c(Cl)cc4[nH]3)CC2)CCC1. The molecule has 2 aromatic heterocycles. The van der Waals surface area contributed by atoms with Crippen molar-refractivity contribution in [3.05, 3.63) is 35.4 Å². The third kappa shape index (κ3) is 4.32. The number of benzene rings is 1. The summed E-state index contributed by atoms with van der Waals surface area (Å²) in [5, 5.41) is 21.4. The molecule has 3 fully saturated rings. The van der Waals surface area contributed by atoms with E-state index in [9.17, 15) is 15.0 Å². The zero-order valence-electron chi connectivity index (χ0n) is 20.6. The fourth-order valence-electron chi connectivity index (χ4n) is 6.04. The second kappa shape index (κ2) is 9.45. The van der Waals surface area contributed by atoms with Gasteiger partial charge in [-0.1, -0.05) is 30.2 Å². The van der Waals surface area contributed by atoms with E-state index in [4.69, 9.17) is 26.1 Å². The van der Waals surface area contributed by atoms with Crippen LogP contribution in [-0.4, -0.2) is 69.1 Å². The number of morpholine rings is 1. The molecule has 6 rings (SSSR count). The largest absolute Gasteiger partial charge is 0.481 e. The summed E-state index contributed by atoms with van der Waals surface area (Å²) in [7, 11) is 0. The summed E-state index contributed by atoms with van der Waals surface area (Å²) >= 11 is 6.59. The molecule has 2 aliphatic carbocycles. The minimum Gasteiger partial charge on any atom is -0.481 e. The van der Waals surface area contributed by atoms with E-state index in [2.05, 4.69) is 27.0 Å². The number of halogens is 1. The van der Waals surface area contributed by atoms with Crippen molar-refractivity contribution in [2.75, 3.05) is 31.2 Å². The Bertz CT molecular complexity index is 1290. The Labute approximate surface area is 219 Å². The first kappa shape index (κ1) is 24.5. The van der Waals surface area contributed by atoms with Gasteiger partial charge in [0, 0.05) is 24.3 Å². The van der Waals surface area contributed by atoms with Crippen LogP contribution in [0.15, 0.2) is 30.3 Å². The van der Waals surface area contributed by atoms with Gasteiger partial charge in [-0.3, -0.25) is 4.79 Å². The van der Waals surface area contributed by atoms with Crippen molar-refractivity contribution in [2.24, 2.45) is 5.41 Å². The van der Waals surface area contributed by atoms with E-state index in [1.807, 2.05) is 18.2 Å². The first-order valence-corrected chi connectivity index (χ1v) is 13.4. The van der Waals surface area contributed by atoms with E-state index in [1.54, 1.807) is 0 Å². The molecule has 3 N–H and O–H groups in total. The third-order valence-electron chi connectivity index (χ3n) is 8.47. The molecule has 9 nitrogen and oxygen atoms in total. The molecule has 1 aliphatic heterocycles. The van der Waals surface area contributed by atoms with Gasteiger partial charge < -0.3 is 29.6 Å². The number of fused-ring (bicyclic) bond motifs is 1. The quantitative estimate of drug-likeness (QED) is 0.431. The minimum atomic E-state index is -1.17. The Morgan fingerprint density at radius 3 is 2.43 bits per heavy atom. The Balaban J connectivity index is 1.15. The molecule has 2 saturated carbocycles. The van der Waals surface area contributed by atoms with Crippen molar-refractivity contribution in [1.82, 2.24) is 15.0 Å². The van der Waals surface area contributed by atoms with Crippen LogP contribution in [0.25, 0.3) is 22.4 Å². The van der Waals surface area contributed by atoms with Crippen molar-refractivity contribution < 1.29 is 24.5 Å². The van der Waals surface area contributed by atoms with Crippen LogP contribution >= 0.6 is 11.6 Å². The smallest absolute Gasteiger partial charge is 0.312 e. The van der Waals surface area contributed by atoms with Crippen LogP contribution in [0.2, 0.25) is 5.02 Å². The van der Waals surface area contributed by atoms with Gasteiger partial charge in [-0.15, -0.1) is 0 Å². The van der Waals surface area contributed by atoms with E-state index >= 15 is 0 Å². The van der Waals surface area contributed by atoms with E-state index in [0.717, 1.165) is 44.0 Å². The Morgan fingerprint density at radius 2 is 1.81 bits per heavy atom. The number of ether oxygens (including phenoxy) is 2. The maximum atomic E-state index is 11.9. The maximum absolute atomic E-state index is 11.9. The topological polar surface area (TPSA) is 121 Å². The molecule has 0 unspecified atom stereocenters. The zero-order valence-corrected chi connectivity index (χ0v) is 21.3. The lowest BCUT2D eigenvalue weighted by Gasteiger charge is -2.52. The molecule has 1 aromatic carbocycles. The standard InChI is InChI=1S/C27H31ClN4O5/c28-20-16-21-23(30-22(20)17-2-4-18(5-3-17)32-12-14-36-15-13-32)31-25(29-21)37-19-6-10-27(35,11-7-19)26(24(33)34)8-1-9-26/h2-5,16,19,35H,1,6-15H2,(H,33,34)(H,29,30,31)/t19-,27+. The second-order valence-corrected chi connectivity index (χ2v) is 10.9. The summed E-state index contributed by atoms with van der Waals surface area (Å²) in [6.07, 6.45) is 3.71. The zero-order chi connectivity index (χ0) is 25.6. The van der Waals surface area contributed by atoms with Crippen LogP contribution in [0.4, 0.5) is 5.69 Å². The molecule has 196 valence electrons. The predicted octanol–water partition coefficient (Wildman–Crippen LogP) is 4.42. The maximum Gasteiger partial charge on any atom is 0.312 e. The van der Waals surface area contributed by atoms with Gasteiger partial charge >= 0.3 is 5.97 Å². The van der Waals surface area contributed by atoms with Crippen LogP contribution in [0, 0.1) is 5.41 Å². The van der Waals surface area contributed by atoms with E-state index < -0.39 is 17.0 Å². The minimum absolute atomic E-state index is 0.158. The Kier molecular flexibility index (Phi) is 6.25. The first-order valence-electron chi connectivity index (χ1n) is 13.0. The van der Waals surface area contributed by atoms with Gasteiger partial charge in [0.15, 0.2) is 5.65 Å². The number of aromatic amines is 1. The number of hydrogen-bond acceptors (Lipinski definition) is 7. The lowest BCUT2D eigenvalue weighted by molar-refractivity contribution is -0.194. The monoisotopic (exact) mass is 526 g/mol. The fraction of sp³-hybridized carbons (Fsp3) is 0.519. The summed E-state index contributed by atoms with van der Waals surface area (Å²) in [6.45, 7) is 3.22.